The second kappa shape index (κ2) is 5.17. The van der Waals surface area contributed by atoms with E-state index in [2.05, 4.69) is 69.9 Å². The van der Waals surface area contributed by atoms with Crippen LogP contribution in [0.1, 0.15) is 0 Å². The van der Waals surface area contributed by atoms with Crippen LogP contribution in [-0.4, -0.2) is 47.6 Å². The van der Waals surface area contributed by atoms with Crippen LogP contribution < -0.4 is 0 Å². The third kappa shape index (κ3) is 2.23. The number of para-hydroxylation sites is 2. The van der Waals surface area contributed by atoms with E-state index < -0.39 is 0 Å². The van der Waals surface area contributed by atoms with Crippen LogP contribution in [0.25, 0.3) is 21.8 Å². The Balaban J connectivity index is 1.79. The minimum Gasteiger partial charge on any atom is -0.327 e. The zero-order valence-electron chi connectivity index (χ0n) is 12.5. The fourth-order valence-electron chi connectivity index (χ4n) is 3.34. The summed E-state index contributed by atoms with van der Waals surface area (Å²) < 4.78 is 2.47. The smallest absolute Gasteiger partial charge is 0.0758 e. The molecule has 3 heteroatoms. The van der Waals surface area contributed by atoms with E-state index in [1.807, 2.05) is 0 Å². The van der Waals surface area contributed by atoms with Gasteiger partial charge in [0.15, 0.2) is 0 Å². The van der Waals surface area contributed by atoms with Crippen LogP contribution in [0.4, 0.5) is 0 Å². The number of benzene rings is 2. The molecule has 0 bridgehead atoms. The van der Waals surface area contributed by atoms with Crippen molar-refractivity contribution >= 4 is 21.8 Å². The molecule has 1 saturated heterocycles. The van der Waals surface area contributed by atoms with Gasteiger partial charge in [-0.15, -0.1) is 0 Å². The highest BCUT2D eigenvalue weighted by Crippen LogP contribution is 2.28. The minimum atomic E-state index is 0.988. The van der Waals surface area contributed by atoms with Gasteiger partial charge in [0, 0.05) is 37.0 Å². The maximum Gasteiger partial charge on any atom is 0.0758 e. The predicted octanol–water partition coefficient (Wildman–Crippen LogP) is 3.00. The Labute approximate surface area is 125 Å². The zero-order valence-corrected chi connectivity index (χ0v) is 12.5. The molecule has 1 fully saturated rings. The molecular weight excluding hydrogens is 258 g/mol. The highest BCUT2D eigenvalue weighted by molar-refractivity contribution is 6.07. The third-order valence-electron chi connectivity index (χ3n) is 4.62. The topological polar surface area (TPSA) is 11.4 Å². The van der Waals surface area contributed by atoms with E-state index in [1.54, 1.807) is 0 Å². The molecule has 3 nitrogen and oxygen atoms in total. The first-order valence-corrected chi connectivity index (χ1v) is 7.70. The van der Waals surface area contributed by atoms with E-state index >= 15 is 0 Å². The van der Waals surface area contributed by atoms with E-state index in [-0.39, 0.29) is 0 Å². The number of rotatable bonds is 2. The van der Waals surface area contributed by atoms with Crippen LogP contribution in [0.2, 0.25) is 0 Å². The molecule has 3 aromatic rings. The lowest BCUT2D eigenvalue weighted by atomic mass is 10.2. The van der Waals surface area contributed by atoms with Gasteiger partial charge in [0.25, 0.3) is 0 Å². The lowest BCUT2D eigenvalue weighted by molar-refractivity contribution is 0.128. The molecule has 0 N–H and O–H groups in total. The molecule has 0 amide bonds. The molecule has 1 aromatic heterocycles. The Bertz CT molecular complexity index is 713. The van der Waals surface area contributed by atoms with Gasteiger partial charge in [0.1, 0.15) is 0 Å². The van der Waals surface area contributed by atoms with Crippen molar-refractivity contribution in [3.63, 3.8) is 0 Å². The van der Waals surface area contributed by atoms with E-state index in [1.165, 1.54) is 21.8 Å². The second-order valence-electron chi connectivity index (χ2n) is 6.03. The largest absolute Gasteiger partial charge is 0.327 e. The van der Waals surface area contributed by atoms with Crippen LogP contribution >= 0.6 is 0 Å². The van der Waals surface area contributed by atoms with E-state index in [4.69, 9.17) is 0 Å². The molecule has 0 saturated carbocycles. The fraction of sp³-hybridized carbons (Fsp3) is 0.333. The quantitative estimate of drug-likeness (QED) is 0.714. The Kier molecular flexibility index (Phi) is 3.17. The van der Waals surface area contributed by atoms with Gasteiger partial charge in [-0.25, -0.2) is 0 Å². The standard InChI is InChI=1S/C18H21N3/c1-19-10-12-20(13-11-19)14-21-17-8-4-2-6-15(17)16-7-3-5-9-18(16)21/h2-9H,10-14H2,1H3. The normalized spacial score (nSPS) is 17.8. The maximum absolute atomic E-state index is 2.55. The number of piperazine rings is 1. The Morgan fingerprint density at radius 2 is 1.29 bits per heavy atom. The van der Waals surface area contributed by atoms with Crippen molar-refractivity contribution in [2.75, 3.05) is 33.2 Å². The molecule has 0 aliphatic carbocycles. The van der Waals surface area contributed by atoms with Gasteiger partial charge in [-0.3, -0.25) is 4.90 Å². The van der Waals surface area contributed by atoms with Gasteiger partial charge in [0.2, 0.25) is 0 Å². The SMILES string of the molecule is CN1CCN(Cn2c3ccccc3c3ccccc32)CC1. The van der Waals surface area contributed by atoms with E-state index in [0.29, 0.717) is 0 Å². The van der Waals surface area contributed by atoms with E-state index in [9.17, 15) is 0 Å². The average molecular weight is 279 g/mol. The molecule has 4 rings (SSSR count). The zero-order chi connectivity index (χ0) is 14.2. The van der Waals surface area contributed by atoms with Crippen molar-refractivity contribution in [2.45, 2.75) is 6.67 Å². The molecule has 0 atom stereocenters. The maximum atomic E-state index is 2.55. The third-order valence-corrected chi connectivity index (χ3v) is 4.62. The van der Waals surface area contributed by atoms with Crippen LogP contribution in [0, 0.1) is 0 Å². The van der Waals surface area contributed by atoms with Crippen molar-refractivity contribution in [3.8, 4) is 0 Å². The van der Waals surface area contributed by atoms with Crippen molar-refractivity contribution in [1.29, 1.82) is 0 Å². The summed E-state index contributed by atoms with van der Waals surface area (Å²) >= 11 is 0. The number of nitrogens with zero attached hydrogens (tertiary/aromatic N) is 3. The lowest BCUT2D eigenvalue weighted by Gasteiger charge is -2.32. The van der Waals surface area contributed by atoms with Gasteiger partial charge in [0.05, 0.1) is 17.7 Å². The van der Waals surface area contributed by atoms with Crippen molar-refractivity contribution < 1.29 is 0 Å². The van der Waals surface area contributed by atoms with Crippen LogP contribution in [0.15, 0.2) is 48.5 Å². The van der Waals surface area contributed by atoms with Crippen LogP contribution in [-0.2, 0) is 6.67 Å². The Morgan fingerprint density at radius 1 is 0.762 bits per heavy atom. The molecule has 0 unspecified atom stereocenters. The highest BCUT2D eigenvalue weighted by Gasteiger charge is 2.16. The van der Waals surface area contributed by atoms with Gasteiger partial charge in [-0.05, 0) is 19.2 Å². The summed E-state index contributed by atoms with van der Waals surface area (Å²) in [6.45, 7) is 5.62. The van der Waals surface area contributed by atoms with E-state index in [0.717, 1.165) is 32.8 Å². The number of hydrogen-bond donors (Lipinski definition) is 0. The molecule has 21 heavy (non-hydrogen) atoms. The van der Waals surface area contributed by atoms with Gasteiger partial charge in [-0.1, -0.05) is 36.4 Å². The summed E-state index contributed by atoms with van der Waals surface area (Å²) in [6.07, 6.45) is 0. The van der Waals surface area contributed by atoms with Crippen LogP contribution in [0.3, 0.4) is 0 Å². The molecule has 2 aromatic carbocycles. The lowest BCUT2D eigenvalue weighted by Crippen LogP contribution is -2.44. The molecule has 2 heterocycles. The summed E-state index contributed by atoms with van der Waals surface area (Å²) in [7, 11) is 2.21. The molecule has 0 radical (unpaired) electrons. The molecule has 1 aliphatic heterocycles. The average Bonchev–Trinajstić information content (AvgIpc) is 2.85. The van der Waals surface area contributed by atoms with Gasteiger partial charge >= 0.3 is 0 Å². The number of fused-ring (bicyclic) bond motifs is 3. The molecule has 1 aliphatic rings. The van der Waals surface area contributed by atoms with Crippen LogP contribution in [0.5, 0.6) is 0 Å². The monoisotopic (exact) mass is 279 g/mol. The first kappa shape index (κ1) is 12.9. The molecule has 108 valence electrons. The summed E-state index contributed by atoms with van der Waals surface area (Å²) in [5, 5.41) is 2.73. The first-order valence-electron chi connectivity index (χ1n) is 7.70. The highest BCUT2D eigenvalue weighted by atomic mass is 15.3. The molecular formula is C18H21N3. The number of aromatic nitrogens is 1. The second-order valence-corrected chi connectivity index (χ2v) is 6.03. The van der Waals surface area contributed by atoms with Gasteiger partial charge < -0.3 is 9.47 Å². The first-order chi connectivity index (χ1) is 10.3. The van der Waals surface area contributed by atoms with Gasteiger partial charge in [-0.2, -0.15) is 0 Å². The van der Waals surface area contributed by atoms with Crippen molar-refractivity contribution in [2.24, 2.45) is 0 Å². The summed E-state index contributed by atoms with van der Waals surface area (Å²) in [5.74, 6) is 0. The van der Waals surface area contributed by atoms with Crippen molar-refractivity contribution in [3.05, 3.63) is 48.5 Å². The summed E-state index contributed by atoms with van der Waals surface area (Å²) in [4.78, 5) is 4.96. The van der Waals surface area contributed by atoms with Crippen molar-refractivity contribution in [1.82, 2.24) is 14.4 Å². The summed E-state index contributed by atoms with van der Waals surface area (Å²) in [6, 6.07) is 17.5. The Hall–Kier alpha value is -1.84. The molecule has 0 spiro atoms. The number of hydrogen-bond acceptors (Lipinski definition) is 2. The fourth-order valence-corrected chi connectivity index (χ4v) is 3.34. The number of likely N-dealkylation sites (N-methyl/N-ethyl adjacent to an activating group) is 1. The Morgan fingerprint density at radius 3 is 1.86 bits per heavy atom. The predicted molar refractivity (Wildman–Crippen MR) is 88.5 cm³/mol. The minimum absolute atomic E-state index is 0.988. The summed E-state index contributed by atoms with van der Waals surface area (Å²) in [5.41, 5.74) is 2.69.